The van der Waals surface area contributed by atoms with Gasteiger partial charge in [0.15, 0.2) is 0 Å². The topological polar surface area (TPSA) is 72.9 Å². The van der Waals surface area contributed by atoms with E-state index >= 15 is 0 Å². The minimum absolute atomic E-state index is 0.0175. The van der Waals surface area contributed by atoms with Crippen molar-refractivity contribution in [1.82, 2.24) is 4.31 Å². The number of carbonyl (C=O) groups is 1. The molecule has 0 saturated carbocycles. The maximum absolute atomic E-state index is 12.0. The highest BCUT2D eigenvalue weighted by Gasteiger charge is 2.52. The summed E-state index contributed by atoms with van der Waals surface area (Å²) in [6, 6.07) is 0. The average Bonchev–Trinajstić information content (AvgIpc) is 2.48. The van der Waals surface area contributed by atoms with Gasteiger partial charge in [0.2, 0.25) is 0 Å². The summed E-state index contributed by atoms with van der Waals surface area (Å²) in [6.45, 7) is 7.81. The Morgan fingerprint density at radius 3 is 2.63 bits per heavy atom. The standard InChI is InChI=1S/C12H23NO5S/c1-5-6-7-17-11(14)13-12(4,8-10(2)3)9-18-19(13,15)16/h10H,5-9H2,1-4H3. The van der Waals surface area contributed by atoms with Crippen molar-refractivity contribution in [2.75, 3.05) is 13.2 Å². The third-order valence-corrected chi connectivity index (χ3v) is 4.42. The van der Waals surface area contributed by atoms with Gasteiger partial charge in [-0.15, -0.1) is 0 Å². The van der Waals surface area contributed by atoms with Crippen LogP contribution in [0, 0.1) is 5.92 Å². The SMILES string of the molecule is CCCCOC(=O)N1C(C)(CC(C)C)COS1(=O)=O. The minimum Gasteiger partial charge on any atom is -0.449 e. The molecule has 1 unspecified atom stereocenters. The van der Waals surface area contributed by atoms with Gasteiger partial charge < -0.3 is 4.74 Å². The van der Waals surface area contributed by atoms with Crippen LogP contribution in [-0.2, 0) is 19.2 Å². The molecule has 1 atom stereocenters. The lowest BCUT2D eigenvalue weighted by Gasteiger charge is -2.31. The molecule has 1 amide bonds. The molecule has 1 aliphatic heterocycles. The highest BCUT2D eigenvalue weighted by Crippen LogP contribution is 2.34. The fourth-order valence-corrected chi connectivity index (χ4v) is 3.69. The molecule has 1 heterocycles. The van der Waals surface area contributed by atoms with Crippen molar-refractivity contribution in [3.8, 4) is 0 Å². The predicted molar refractivity (Wildman–Crippen MR) is 70.8 cm³/mol. The summed E-state index contributed by atoms with van der Waals surface area (Å²) in [4.78, 5) is 12.0. The predicted octanol–water partition coefficient (Wildman–Crippen LogP) is 2.30. The first kappa shape index (κ1) is 16.2. The molecule has 0 N–H and O–H groups in total. The lowest BCUT2D eigenvalue weighted by molar-refractivity contribution is 0.0930. The van der Waals surface area contributed by atoms with E-state index in [1.807, 2.05) is 20.8 Å². The molecule has 0 aliphatic carbocycles. The first-order chi connectivity index (χ1) is 8.73. The Morgan fingerprint density at radius 2 is 2.11 bits per heavy atom. The van der Waals surface area contributed by atoms with E-state index in [1.165, 1.54) is 0 Å². The van der Waals surface area contributed by atoms with Crippen molar-refractivity contribution in [3.05, 3.63) is 0 Å². The first-order valence-corrected chi connectivity index (χ1v) is 7.96. The Morgan fingerprint density at radius 1 is 1.47 bits per heavy atom. The fourth-order valence-electron chi connectivity index (χ4n) is 2.28. The van der Waals surface area contributed by atoms with Gasteiger partial charge in [0.05, 0.1) is 18.8 Å². The Hall–Kier alpha value is -0.820. The van der Waals surface area contributed by atoms with Crippen molar-refractivity contribution < 1.29 is 22.1 Å². The summed E-state index contributed by atoms with van der Waals surface area (Å²) in [5.41, 5.74) is -0.865. The van der Waals surface area contributed by atoms with Gasteiger partial charge in [-0.3, -0.25) is 4.18 Å². The number of hydrogen-bond donors (Lipinski definition) is 0. The van der Waals surface area contributed by atoms with Crippen LogP contribution in [0.3, 0.4) is 0 Å². The van der Waals surface area contributed by atoms with Crippen LogP contribution < -0.4 is 0 Å². The molecule has 1 aliphatic rings. The van der Waals surface area contributed by atoms with Crippen LogP contribution in [0.5, 0.6) is 0 Å². The molecule has 1 fully saturated rings. The fraction of sp³-hybridized carbons (Fsp3) is 0.917. The largest absolute Gasteiger partial charge is 0.449 e. The van der Waals surface area contributed by atoms with E-state index in [2.05, 4.69) is 0 Å². The van der Waals surface area contributed by atoms with Crippen LogP contribution in [-0.4, -0.2) is 37.6 Å². The smallest absolute Gasteiger partial charge is 0.425 e. The van der Waals surface area contributed by atoms with Gasteiger partial charge in [-0.2, -0.15) is 12.7 Å². The van der Waals surface area contributed by atoms with E-state index in [0.717, 1.165) is 10.7 Å². The van der Waals surface area contributed by atoms with Gasteiger partial charge in [0.25, 0.3) is 0 Å². The number of unbranched alkanes of at least 4 members (excludes halogenated alkanes) is 1. The lowest BCUT2D eigenvalue weighted by atomic mass is 9.92. The van der Waals surface area contributed by atoms with Gasteiger partial charge >= 0.3 is 16.4 Å². The molecule has 19 heavy (non-hydrogen) atoms. The number of carbonyl (C=O) groups excluding carboxylic acids is 1. The number of nitrogens with zero attached hydrogens (tertiary/aromatic N) is 1. The van der Waals surface area contributed by atoms with Crippen LogP contribution in [0.15, 0.2) is 0 Å². The summed E-state index contributed by atoms with van der Waals surface area (Å²) < 4.78 is 34.2. The Balaban J connectivity index is 2.87. The summed E-state index contributed by atoms with van der Waals surface area (Å²) in [5.74, 6) is 0.243. The molecule has 0 aromatic carbocycles. The maximum atomic E-state index is 12.0. The average molecular weight is 293 g/mol. The Kier molecular flexibility index (Phi) is 5.20. The monoisotopic (exact) mass is 293 g/mol. The van der Waals surface area contributed by atoms with Gasteiger partial charge in [0.1, 0.15) is 0 Å². The van der Waals surface area contributed by atoms with Crippen LogP contribution in [0.2, 0.25) is 0 Å². The number of rotatable bonds is 5. The van der Waals surface area contributed by atoms with Crippen molar-refractivity contribution in [2.45, 2.75) is 52.5 Å². The van der Waals surface area contributed by atoms with Crippen molar-refractivity contribution >= 4 is 16.4 Å². The second-order valence-corrected chi connectivity index (χ2v) is 7.00. The zero-order valence-corrected chi connectivity index (χ0v) is 12.8. The van der Waals surface area contributed by atoms with E-state index in [9.17, 15) is 13.2 Å². The summed E-state index contributed by atoms with van der Waals surface area (Å²) >= 11 is 0. The number of hydrogen-bond acceptors (Lipinski definition) is 5. The van der Waals surface area contributed by atoms with Crippen LogP contribution in [0.4, 0.5) is 4.79 Å². The van der Waals surface area contributed by atoms with Crippen molar-refractivity contribution in [1.29, 1.82) is 0 Å². The van der Waals surface area contributed by atoms with Crippen molar-refractivity contribution in [2.24, 2.45) is 5.92 Å². The van der Waals surface area contributed by atoms with E-state index in [-0.39, 0.29) is 19.1 Å². The van der Waals surface area contributed by atoms with Crippen LogP contribution in [0.1, 0.15) is 47.0 Å². The molecule has 0 bridgehead atoms. The molecule has 0 spiro atoms. The summed E-state index contributed by atoms with van der Waals surface area (Å²) in [7, 11) is -4.02. The highest BCUT2D eigenvalue weighted by molar-refractivity contribution is 7.85. The molecule has 0 aromatic heterocycles. The third kappa shape index (κ3) is 3.82. The zero-order chi connectivity index (χ0) is 14.7. The summed E-state index contributed by atoms with van der Waals surface area (Å²) in [6.07, 6.45) is 1.28. The van der Waals surface area contributed by atoms with Gasteiger partial charge in [-0.05, 0) is 25.7 Å². The Bertz CT molecular complexity index is 420. The molecule has 0 radical (unpaired) electrons. The second kappa shape index (κ2) is 6.09. The molecular weight excluding hydrogens is 270 g/mol. The molecular formula is C12H23NO5S. The molecule has 1 saturated heterocycles. The van der Waals surface area contributed by atoms with Gasteiger partial charge in [0, 0.05) is 0 Å². The molecule has 7 heteroatoms. The van der Waals surface area contributed by atoms with Gasteiger partial charge in [-0.1, -0.05) is 27.2 Å². The minimum atomic E-state index is -4.02. The van der Waals surface area contributed by atoms with Gasteiger partial charge in [-0.25, -0.2) is 4.79 Å². The molecule has 6 nitrogen and oxygen atoms in total. The van der Waals surface area contributed by atoms with E-state index < -0.39 is 21.9 Å². The van der Waals surface area contributed by atoms with Crippen LogP contribution in [0.25, 0.3) is 0 Å². The molecule has 0 aromatic rings. The summed E-state index contributed by atoms with van der Waals surface area (Å²) in [5, 5.41) is 0. The maximum Gasteiger partial charge on any atom is 0.425 e. The quantitative estimate of drug-likeness (QED) is 0.727. The number of ether oxygens (including phenoxy) is 1. The zero-order valence-electron chi connectivity index (χ0n) is 12.0. The second-order valence-electron chi connectivity index (χ2n) is 5.55. The first-order valence-electron chi connectivity index (χ1n) is 6.59. The van der Waals surface area contributed by atoms with Crippen LogP contribution >= 0.6 is 0 Å². The molecule has 112 valence electrons. The van der Waals surface area contributed by atoms with E-state index in [4.69, 9.17) is 8.92 Å². The highest BCUT2D eigenvalue weighted by atomic mass is 32.2. The number of amides is 1. The molecule has 1 rings (SSSR count). The van der Waals surface area contributed by atoms with E-state index in [0.29, 0.717) is 12.8 Å². The van der Waals surface area contributed by atoms with Crippen molar-refractivity contribution in [3.63, 3.8) is 0 Å². The third-order valence-electron chi connectivity index (χ3n) is 2.97. The Labute approximate surface area is 115 Å². The lowest BCUT2D eigenvalue weighted by Crippen LogP contribution is -2.49. The normalized spacial score (nSPS) is 25.8. The van der Waals surface area contributed by atoms with E-state index in [1.54, 1.807) is 6.92 Å².